The maximum Gasteiger partial charge on any atom is 0.251 e. The lowest BCUT2D eigenvalue weighted by Gasteiger charge is -2.32. The molecule has 5 nitrogen and oxygen atoms in total. The van der Waals surface area contributed by atoms with Gasteiger partial charge in [0.25, 0.3) is 5.91 Å². The van der Waals surface area contributed by atoms with Crippen LogP contribution in [-0.2, 0) is 11.3 Å². The number of rotatable bonds is 7. The molecule has 2 N–H and O–H groups in total. The molecule has 0 bridgehead atoms. The molecule has 1 aliphatic heterocycles. The Labute approximate surface area is 171 Å². The van der Waals surface area contributed by atoms with Gasteiger partial charge in [0.2, 0.25) is 5.91 Å². The average molecular weight is 400 g/mol. The van der Waals surface area contributed by atoms with E-state index in [2.05, 4.69) is 27.7 Å². The predicted octanol–water partition coefficient (Wildman–Crippen LogP) is 3.10. The number of halogens is 1. The molecule has 0 aromatic heterocycles. The minimum absolute atomic E-state index is 0.00410. The summed E-state index contributed by atoms with van der Waals surface area (Å²) in [5, 5.41) is 6.36. The van der Waals surface area contributed by atoms with Gasteiger partial charge in [-0.25, -0.2) is 0 Å². The molecule has 1 aliphatic rings. The maximum absolute atomic E-state index is 12.5. The zero-order chi connectivity index (χ0) is 19.8. The second-order valence-electron chi connectivity index (χ2n) is 7.11. The number of piperidine rings is 1. The van der Waals surface area contributed by atoms with Crippen molar-refractivity contribution in [2.75, 3.05) is 26.2 Å². The standard InChI is InChI=1S/C22H26ClN3O2/c23-20-10-8-18(9-11-20)21(27)24-12-13-25-22(28)19-7-4-14-26(16-19)15-17-5-2-1-3-6-17/h1-3,5-6,8-11,19H,4,7,12-16H2,(H,24,27)(H,25,28). The van der Waals surface area contributed by atoms with Gasteiger partial charge in [-0.1, -0.05) is 41.9 Å². The van der Waals surface area contributed by atoms with Gasteiger partial charge in [-0.05, 0) is 49.2 Å². The highest BCUT2D eigenvalue weighted by atomic mass is 35.5. The SMILES string of the molecule is O=C(NCCNC(=O)C1CCCN(Cc2ccccc2)C1)c1ccc(Cl)cc1. The highest BCUT2D eigenvalue weighted by molar-refractivity contribution is 6.30. The van der Waals surface area contributed by atoms with Crippen LogP contribution in [0, 0.1) is 5.92 Å². The molecule has 0 saturated carbocycles. The molecule has 148 valence electrons. The summed E-state index contributed by atoms with van der Waals surface area (Å²) in [5.41, 5.74) is 1.83. The van der Waals surface area contributed by atoms with E-state index in [9.17, 15) is 9.59 Å². The second kappa shape index (κ2) is 10.2. The fourth-order valence-corrected chi connectivity index (χ4v) is 3.59. The molecule has 6 heteroatoms. The van der Waals surface area contributed by atoms with E-state index < -0.39 is 0 Å². The van der Waals surface area contributed by atoms with E-state index in [1.165, 1.54) is 5.56 Å². The van der Waals surface area contributed by atoms with Gasteiger partial charge in [-0.2, -0.15) is 0 Å². The molecule has 0 radical (unpaired) electrons. The summed E-state index contributed by atoms with van der Waals surface area (Å²) < 4.78 is 0. The first-order chi connectivity index (χ1) is 13.6. The first-order valence-corrected chi connectivity index (χ1v) is 10.1. The molecule has 28 heavy (non-hydrogen) atoms. The van der Waals surface area contributed by atoms with Gasteiger partial charge >= 0.3 is 0 Å². The fourth-order valence-electron chi connectivity index (χ4n) is 3.46. The molecule has 1 unspecified atom stereocenters. The van der Waals surface area contributed by atoms with Gasteiger partial charge in [-0.15, -0.1) is 0 Å². The Balaban J connectivity index is 1.38. The van der Waals surface area contributed by atoms with Gasteiger partial charge in [0.05, 0.1) is 5.92 Å². The number of likely N-dealkylation sites (tertiary alicyclic amines) is 1. The quantitative estimate of drug-likeness (QED) is 0.703. The maximum atomic E-state index is 12.5. The first kappa shape index (κ1) is 20.4. The molecule has 1 fully saturated rings. The zero-order valence-electron chi connectivity index (χ0n) is 15.9. The Morgan fingerprint density at radius 2 is 1.71 bits per heavy atom. The summed E-state index contributed by atoms with van der Waals surface area (Å²) in [6.07, 6.45) is 1.94. The summed E-state index contributed by atoms with van der Waals surface area (Å²) in [6.45, 7) is 3.50. The number of hydrogen-bond donors (Lipinski definition) is 2. The van der Waals surface area contributed by atoms with Crippen molar-refractivity contribution >= 4 is 23.4 Å². The van der Waals surface area contributed by atoms with Crippen LogP contribution >= 0.6 is 11.6 Å². The Hall–Kier alpha value is -2.37. The van der Waals surface area contributed by atoms with Crippen molar-refractivity contribution in [3.63, 3.8) is 0 Å². The number of hydrogen-bond acceptors (Lipinski definition) is 3. The molecule has 1 heterocycles. The number of carbonyl (C=O) groups excluding carboxylic acids is 2. The lowest BCUT2D eigenvalue weighted by molar-refractivity contribution is -0.126. The van der Waals surface area contributed by atoms with Crippen LogP contribution in [0.2, 0.25) is 5.02 Å². The molecular weight excluding hydrogens is 374 g/mol. The smallest absolute Gasteiger partial charge is 0.251 e. The first-order valence-electron chi connectivity index (χ1n) is 9.69. The third-order valence-electron chi connectivity index (χ3n) is 4.94. The summed E-state index contributed by atoms with van der Waals surface area (Å²) in [4.78, 5) is 26.9. The lowest BCUT2D eigenvalue weighted by atomic mass is 9.96. The second-order valence-corrected chi connectivity index (χ2v) is 7.55. The largest absolute Gasteiger partial charge is 0.354 e. The summed E-state index contributed by atoms with van der Waals surface area (Å²) in [7, 11) is 0. The number of benzene rings is 2. The minimum Gasteiger partial charge on any atom is -0.354 e. The van der Waals surface area contributed by atoms with Crippen LogP contribution in [0.4, 0.5) is 0 Å². The lowest BCUT2D eigenvalue weighted by Crippen LogP contribution is -2.44. The van der Waals surface area contributed by atoms with Crippen LogP contribution in [0.1, 0.15) is 28.8 Å². The monoisotopic (exact) mass is 399 g/mol. The Bertz CT molecular complexity index is 780. The van der Waals surface area contributed by atoms with E-state index in [0.717, 1.165) is 32.5 Å². The van der Waals surface area contributed by atoms with Crippen molar-refractivity contribution in [2.24, 2.45) is 5.92 Å². The van der Waals surface area contributed by atoms with Crippen molar-refractivity contribution in [1.82, 2.24) is 15.5 Å². The number of nitrogens with one attached hydrogen (secondary N) is 2. The van der Waals surface area contributed by atoms with Gasteiger partial charge in [0, 0.05) is 36.8 Å². The molecule has 0 aliphatic carbocycles. The summed E-state index contributed by atoms with van der Waals surface area (Å²) >= 11 is 5.82. The highest BCUT2D eigenvalue weighted by Gasteiger charge is 2.25. The Morgan fingerprint density at radius 1 is 1.00 bits per heavy atom. The van der Waals surface area contributed by atoms with Crippen LogP contribution < -0.4 is 10.6 Å². The predicted molar refractivity (Wildman–Crippen MR) is 111 cm³/mol. The van der Waals surface area contributed by atoms with Crippen molar-refractivity contribution in [3.05, 3.63) is 70.7 Å². The van der Waals surface area contributed by atoms with Crippen molar-refractivity contribution < 1.29 is 9.59 Å². The highest BCUT2D eigenvalue weighted by Crippen LogP contribution is 2.18. The molecular formula is C22H26ClN3O2. The van der Waals surface area contributed by atoms with Crippen LogP contribution in [0.3, 0.4) is 0 Å². The normalized spacial score (nSPS) is 17.1. The zero-order valence-corrected chi connectivity index (χ0v) is 16.6. The van der Waals surface area contributed by atoms with Gasteiger partial charge in [0.1, 0.15) is 0 Å². The van der Waals surface area contributed by atoms with Gasteiger partial charge in [0.15, 0.2) is 0 Å². The molecule has 1 saturated heterocycles. The topological polar surface area (TPSA) is 61.4 Å². The van der Waals surface area contributed by atoms with Crippen LogP contribution in [-0.4, -0.2) is 42.9 Å². The van der Waals surface area contributed by atoms with Gasteiger partial charge in [-0.3, -0.25) is 14.5 Å². The van der Waals surface area contributed by atoms with Crippen LogP contribution in [0.15, 0.2) is 54.6 Å². The summed E-state index contributed by atoms with van der Waals surface area (Å²) in [6, 6.07) is 17.1. The Kier molecular flexibility index (Phi) is 7.46. The van der Waals surface area contributed by atoms with Gasteiger partial charge < -0.3 is 10.6 Å². The molecule has 3 rings (SSSR count). The van der Waals surface area contributed by atoms with E-state index in [4.69, 9.17) is 11.6 Å². The van der Waals surface area contributed by atoms with E-state index in [0.29, 0.717) is 23.7 Å². The molecule has 2 aromatic carbocycles. The third kappa shape index (κ3) is 6.08. The van der Waals surface area contributed by atoms with Crippen LogP contribution in [0.5, 0.6) is 0 Å². The molecule has 2 aromatic rings. The number of nitrogens with zero attached hydrogens (tertiary/aromatic N) is 1. The minimum atomic E-state index is -0.169. The van der Waals surface area contributed by atoms with E-state index in [1.54, 1.807) is 24.3 Å². The average Bonchev–Trinajstić information content (AvgIpc) is 2.72. The van der Waals surface area contributed by atoms with Crippen molar-refractivity contribution in [3.8, 4) is 0 Å². The van der Waals surface area contributed by atoms with E-state index >= 15 is 0 Å². The van der Waals surface area contributed by atoms with Crippen LogP contribution in [0.25, 0.3) is 0 Å². The summed E-state index contributed by atoms with van der Waals surface area (Å²) in [5.74, 6) is -0.0967. The molecule has 1 atom stereocenters. The Morgan fingerprint density at radius 3 is 2.46 bits per heavy atom. The van der Waals surface area contributed by atoms with Crippen molar-refractivity contribution in [1.29, 1.82) is 0 Å². The van der Waals surface area contributed by atoms with E-state index in [1.807, 2.05) is 18.2 Å². The molecule has 0 spiro atoms. The number of carbonyl (C=O) groups is 2. The third-order valence-corrected chi connectivity index (χ3v) is 5.19. The number of amides is 2. The molecule has 2 amide bonds. The van der Waals surface area contributed by atoms with Crippen molar-refractivity contribution in [2.45, 2.75) is 19.4 Å². The fraction of sp³-hybridized carbons (Fsp3) is 0.364. The van der Waals surface area contributed by atoms with E-state index in [-0.39, 0.29) is 17.7 Å².